The van der Waals surface area contributed by atoms with Gasteiger partial charge in [0.2, 0.25) is 5.96 Å². The molecular weight excluding hydrogens is 342 g/mol. The summed E-state index contributed by atoms with van der Waals surface area (Å²) in [6, 6.07) is 0. The van der Waals surface area contributed by atoms with Crippen LogP contribution in [0.25, 0.3) is 0 Å². The molecule has 0 aromatic heterocycles. The molecule has 4 rings (SSSR count). The number of guanidine groups is 1. The Labute approximate surface area is 162 Å². The van der Waals surface area contributed by atoms with E-state index in [0.717, 1.165) is 44.2 Å². The predicted molar refractivity (Wildman–Crippen MR) is 108 cm³/mol. The summed E-state index contributed by atoms with van der Waals surface area (Å²) in [6.45, 7) is 9.61. The molecule has 3 saturated carbocycles. The van der Waals surface area contributed by atoms with Crippen LogP contribution in [0.2, 0.25) is 0 Å². The number of nitrogens with one attached hydrogen (secondary N) is 3. The molecule has 1 unspecified atom stereocenters. The molecule has 0 saturated heterocycles. The SMILES string of the molecule is C/C=N\C(=N/C1C=C(C)N1)NC12CCC(NC(=O)OC(C)(C)C)(CC1)CC2. The highest BCUT2D eigenvalue weighted by atomic mass is 16.6. The van der Waals surface area contributed by atoms with Crippen LogP contribution >= 0.6 is 0 Å². The number of ether oxygens (including phenoxy) is 1. The first-order valence-electron chi connectivity index (χ1n) is 9.94. The molecule has 0 aromatic carbocycles. The van der Waals surface area contributed by atoms with Crippen molar-refractivity contribution < 1.29 is 9.53 Å². The smallest absolute Gasteiger partial charge is 0.408 e. The molecule has 1 atom stereocenters. The van der Waals surface area contributed by atoms with Gasteiger partial charge in [0.15, 0.2) is 0 Å². The van der Waals surface area contributed by atoms with Crippen LogP contribution < -0.4 is 16.0 Å². The van der Waals surface area contributed by atoms with Gasteiger partial charge in [-0.15, -0.1) is 0 Å². The Morgan fingerprint density at radius 1 is 1.19 bits per heavy atom. The van der Waals surface area contributed by atoms with Crippen molar-refractivity contribution in [2.45, 2.75) is 96.0 Å². The van der Waals surface area contributed by atoms with Gasteiger partial charge in [0.25, 0.3) is 0 Å². The van der Waals surface area contributed by atoms with Gasteiger partial charge in [0, 0.05) is 23.0 Å². The van der Waals surface area contributed by atoms with Crippen LogP contribution in [0.5, 0.6) is 0 Å². The summed E-state index contributed by atoms with van der Waals surface area (Å²) in [4.78, 5) is 21.3. The number of rotatable bonds is 3. The molecule has 3 fully saturated rings. The molecule has 7 nitrogen and oxygen atoms in total. The van der Waals surface area contributed by atoms with Crippen molar-refractivity contribution >= 4 is 18.3 Å². The van der Waals surface area contributed by atoms with E-state index < -0.39 is 5.60 Å². The summed E-state index contributed by atoms with van der Waals surface area (Å²) < 4.78 is 5.46. The monoisotopic (exact) mass is 375 g/mol. The number of hydrogen-bond acceptors (Lipinski definition) is 4. The van der Waals surface area contributed by atoms with Gasteiger partial charge in [-0.2, -0.15) is 0 Å². The van der Waals surface area contributed by atoms with Gasteiger partial charge in [-0.05, 0) is 79.2 Å². The number of hydrogen-bond donors (Lipinski definition) is 3. The summed E-state index contributed by atoms with van der Waals surface area (Å²) in [5.41, 5.74) is 0.564. The Kier molecular flexibility index (Phi) is 5.23. The molecule has 3 N–H and O–H groups in total. The molecule has 0 aromatic rings. The van der Waals surface area contributed by atoms with Crippen LogP contribution in [-0.2, 0) is 4.74 Å². The van der Waals surface area contributed by atoms with E-state index >= 15 is 0 Å². The van der Waals surface area contributed by atoms with Gasteiger partial charge in [0.1, 0.15) is 11.8 Å². The van der Waals surface area contributed by atoms with Crippen LogP contribution in [0.15, 0.2) is 21.8 Å². The predicted octanol–water partition coefficient (Wildman–Crippen LogP) is 3.23. The molecule has 2 bridgehead atoms. The fourth-order valence-electron chi connectivity index (χ4n) is 4.20. The topological polar surface area (TPSA) is 87.1 Å². The molecule has 0 spiro atoms. The number of alkyl carbamates (subject to hydrolysis) is 1. The molecule has 1 aliphatic heterocycles. The standard InChI is InChI=1S/C20H33N5O2/c1-6-21-16(23-15-13-14(2)22-15)24-19-7-10-20(11-8-19,12-9-19)25-17(26)27-18(3,4)5/h6,13,15,22H,7-12H2,1-5H3,(H,23,24)(H,25,26)/b21-6-. The van der Waals surface area contributed by atoms with E-state index in [2.05, 4.69) is 32.0 Å². The normalized spacial score (nSPS) is 33.1. The Morgan fingerprint density at radius 2 is 1.70 bits per heavy atom. The van der Waals surface area contributed by atoms with Crippen molar-refractivity contribution in [2.75, 3.05) is 0 Å². The van der Waals surface area contributed by atoms with Crippen LogP contribution in [0.3, 0.4) is 0 Å². The third-order valence-corrected chi connectivity index (χ3v) is 5.69. The number of aliphatic imine (C=N–C) groups is 2. The number of carbonyl (C=O) groups excluding carboxylic acids is 1. The molecular formula is C20H33N5O2. The first-order valence-corrected chi connectivity index (χ1v) is 9.94. The zero-order valence-electron chi connectivity index (χ0n) is 17.2. The average molecular weight is 376 g/mol. The zero-order chi connectivity index (χ0) is 19.7. The Balaban J connectivity index is 1.60. The van der Waals surface area contributed by atoms with Crippen LogP contribution in [-0.4, -0.2) is 41.1 Å². The van der Waals surface area contributed by atoms with Crippen molar-refractivity contribution in [3.05, 3.63) is 11.8 Å². The first-order chi connectivity index (χ1) is 12.6. The van der Waals surface area contributed by atoms with E-state index in [-0.39, 0.29) is 23.3 Å². The molecule has 0 radical (unpaired) electrons. The summed E-state index contributed by atoms with van der Waals surface area (Å²) >= 11 is 0. The van der Waals surface area contributed by atoms with E-state index in [0.29, 0.717) is 5.96 Å². The number of allylic oxidation sites excluding steroid dienone is 1. The van der Waals surface area contributed by atoms with E-state index in [4.69, 9.17) is 4.74 Å². The maximum Gasteiger partial charge on any atom is 0.408 e. The minimum absolute atomic E-state index is 0.00714. The van der Waals surface area contributed by atoms with Crippen LogP contribution in [0.4, 0.5) is 4.79 Å². The highest BCUT2D eigenvalue weighted by molar-refractivity contribution is 5.88. The van der Waals surface area contributed by atoms with Crippen molar-refractivity contribution in [2.24, 2.45) is 9.98 Å². The number of fused-ring (bicyclic) bond motifs is 3. The molecule has 3 aliphatic carbocycles. The van der Waals surface area contributed by atoms with E-state index in [1.54, 1.807) is 6.21 Å². The van der Waals surface area contributed by atoms with Crippen molar-refractivity contribution in [1.29, 1.82) is 0 Å². The van der Waals surface area contributed by atoms with Crippen LogP contribution in [0, 0.1) is 0 Å². The molecule has 27 heavy (non-hydrogen) atoms. The highest BCUT2D eigenvalue weighted by Gasteiger charge is 2.50. The quantitative estimate of drug-likeness (QED) is 0.522. The molecule has 4 aliphatic rings. The Morgan fingerprint density at radius 3 is 2.15 bits per heavy atom. The molecule has 7 heteroatoms. The van der Waals surface area contributed by atoms with Gasteiger partial charge in [-0.25, -0.2) is 14.8 Å². The lowest BCUT2D eigenvalue weighted by Crippen LogP contribution is -2.64. The van der Waals surface area contributed by atoms with Crippen LogP contribution in [0.1, 0.15) is 73.1 Å². The maximum absolute atomic E-state index is 12.2. The lowest BCUT2D eigenvalue weighted by molar-refractivity contribution is 0.0241. The summed E-state index contributed by atoms with van der Waals surface area (Å²) in [5.74, 6) is 0.688. The second-order valence-electron chi connectivity index (χ2n) is 9.09. The fraction of sp³-hybridized carbons (Fsp3) is 0.750. The Bertz CT molecular complexity index is 650. The minimum atomic E-state index is -0.471. The molecule has 1 amide bonds. The second-order valence-corrected chi connectivity index (χ2v) is 9.09. The summed E-state index contributed by atoms with van der Waals surface area (Å²) in [7, 11) is 0. The van der Waals surface area contributed by atoms with Gasteiger partial charge in [-0.1, -0.05) is 0 Å². The summed E-state index contributed by atoms with van der Waals surface area (Å²) in [6.07, 6.45) is 9.39. The van der Waals surface area contributed by atoms with Crippen molar-refractivity contribution in [1.82, 2.24) is 16.0 Å². The molecule has 150 valence electrons. The second kappa shape index (κ2) is 7.17. The van der Waals surface area contributed by atoms with E-state index in [1.165, 1.54) is 0 Å². The third-order valence-electron chi connectivity index (χ3n) is 5.69. The summed E-state index contributed by atoms with van der Waals surface area (Å²) in [5, 5.41) is 10.0. The average Bonchev–Trinajstić information content (AvgIpc) is 2.53. The van der Waals surface area contributed by atoms with Gasteiger partial charge in [0.05, 0.1) is 0 Å². The van der Waals surface area contributed by atoms with Crippen molar-refractivity contribution in [3.63, 3.8) is 0 Å². The lowest BCUT2D eigenvalue weighted by atomic mass is 9.61. The Hall–Kier alpha value is -2.05. The highest BCUT2D eigenvalue weighted by Crippen LogP contribution is 2.47. The largest absolute Gasteiger partial charge is 0.444 e. The fourth-order valence-corrected chi connectivity index (χ4v) is 4.20. The van der Waals surface area contributed by atoms with Gasteiger partial charge >= 0.3 is 6.09 Å². The third kappa shape index (κ3) is 4.82. The first kappa shape index (κ1) is 19.7. The van der Waals surface area contributed by atoms with Gasteiger partial charge < -0.3 is 20.7 Å². The van der Waals surface area contributed by atoms with Crippen molar-refractivity contribution in [3.8, 4) is 0 Å². The number of nitrogens with zero attached hydrogens (tertiary/aromatic N) is 2. The number of amides is 1. The zero-order valence-corrected chi connectivity index (χ0v) is 17.2. The lowest BCUT2D eigenvalue weighted by Gasteiger charge is -2.53. The number of carbonyl (C=O) groups is 1. The molecule has 1 heterocycles. The maximum atomic E-state index is 12.2. The van der Waals surface area contributed by atoms with E-state index in [9.17, 15) is 4.79 Å². The van der Waals surface area contributed by atoms with E-state index in [1.807, 2.05) is 34.6 Å². The minimum Gasteiger partial charge on any atom is -0.444 e. The van der Waals surface area contributed by atoms with Gasteiger partial charge in [-0.3, -0.25) is 0 Å².